The summed E-state index contributed by atoms with van der Waals surface area (Å²) in [7, 11) is 1.64. The quantitative estimate of drug-likeness (QED) is 0.700. The number of likely N-dealkylation sites (N-methyl/N-ethyl adjacent to an activating group) is 1. The average molecular weight is 248 g/mol. The topological polar surface area (TPSA) is 95.2 Å². The van der Waals surface area contributed by atoms with Gasteiger partial charge in [0.1, 0.15) is 6.10 Å². The third-order valence-electron chi connectivity index (χ3n) is 2.79. The Morgan fingerprint density at radius 3 is 3.11 bits per heavy atom. The van der Waals surface area contributed by atoms with Crippen LogP contribution >= 0.6 is 0 Å². The number of fused-ring (bicyclic) bond motifs is 1. The van der Waals surface area contributed by atoms with Gasteiger partial charge in [-0.2, -0.15) is 0 Å². The molecule has 1 amide bonds. The minimum absolute atomic E-state index is 0.0667. The first-order valence-corrected chi connectivity index (χ1v) is 5.67. The molecule has 0 spiro atoms. The minimum Gasteiger partial charge on any atom is -0.382 e. The van der Waals surface area contributed by atoms with E-state index in [9.17, 15) is 9.90 Å². The van der Waals surface area contributed by atoms with Crippen LogP contribution in [0.4, 0.5) is 0 Å². The van der Waals surface area contributed by atoms with E-state index in [1.807, 2.05) is 18.2 Å². The number of rotatable bonds is 4. The molecule has 0 radical (unpaired) electrons. The van der Waals surface area contributed by atoms with Gasteiger partial charge in [-0.1, -0.05) is 6.07 Å². The number of imidazole rings is 1. The average Bonchev–Trinajstić information content (AvgIpc) is 2.84. The molecular weight excluding hydrogens is 232 g/mol. The standard InChI is InChI=1S/C12H16N4O2/c1-16(12(18)11(17)5-13)6-8-2-3-9-10(4-8)15-7-14-9/h2-4,7,11,17H,5-6,13H2,1H3,(H,14,15). The fourth-order valence-corrected chi connectivity index (χ4v) is 1.79. The molecule has 2 rings (SSSR count). The number of amides is 1. The first-order valence-electron chi connectivity index (χ1n) is 5.67. The van der Waals surface area contributed by atoms with E-state index in [-0.39, 0.29) is 12.5 Å². The molecule has 0 aliphatic rings. The van der Waals surface area contributed by atoms with E-state index in [0.29, 0.717) is 6.54 Å². The second-order valence-electron chi connectivity index (χ2n) is 4.20. The lowest BCUT2D eigenvalue weighted by Crippen LogP contribution is -2.40. The summed E-state index contributed by atoms with van der Waals surface area (Å²) in [6.45, 7) is 0.355. The third kappa shape index (κ3) is 2.49. The molecule has 4 N–H and O–H groups in total. The predicted octanol–water partition coefficient (Wildman–Crippen LogP) is -0.159. The SMILES string of the molecule is CN(Cc1ccc2nc[nH]c2c1)C(=O)C(O)CN. The smallest absolute Gasteiger partial charge is 0.252 e. The molecule has 0 aliphatic carbocycles. The monoisotopic (exact) mass is 248 g/mol. The maximum absolute atomic E-state index is 11.7. The first-order chi connectivity index (χ1) is 8.61. The molecule has 1 unspecified atom stereocenters. The van der Waals surface area contributed by atoms with Crippen LogP contribution in [-0.2, 0) is 11.3 Å². The Labute approximate surface area is 104 Å². The number of aromatic nitrogens is 2. The maximum atomic E-state index is 11.7. The normalized spacial score (nSPS) is 12.6. The van der Waals surface area contributed by atoms with Crippen LogP contribution in [0, 0.1) is 0 Å². The highest BCUT2D eigenvalue weighted by atomic mass is 16.3. The van der Waals surface area contributed by atoms with Crippen molar-refractivity contribution < 1.29 is 9.90 Å². The van der Waals surface area contributed by atoms with Gasteiger partial charge in [0, 0.05) is 20.1 Å². The van der Waals surface area contributed by atoms with Crippen molar-refractivity contribution in [2.75, 3.05) is 13.6 Å². The number of nitrogens with zero attached hydrogens (tertiary/aromatic N) is 2. The number of aromatic amines is 1. The first kappa shape index (κ1) is 12.5. The number of aliphatic hydroxyl groups is 1. The molecule has 0 saturated heterocycles. The molecule has 1 aromatic heterocycles. The highest BCUT2D eigenvalue weighted by molar-refractivity contribution is 5.81. The van der Waals surface area contributed by atoms with Crippen LogP contribution in [0.25, 0.3) is 11.0 Å². The van der Waals surface area contributed by atoms with Gasteiger partial charge in [0.15, 0.2) is 0 Å². The second kappa shape index (κ2) is 5.16. The number of nitrogens with two attached hydrogens (primary N) is 1. The fourth-order valence-electron chi connectivity index (χ4n) is 1.79. The zero-order valence-corrected chi connectivity index (χ0v) is 10.1. The van der Waals surface area contributed by atoms with Crippen molar-refractivity contribution in [2.24, 2.45) is 5.73 Å². The Morgan fingerprint density at radius 2 is 2.39 bits per heavy atom. The maximum Gasteiger partial charge on any atom is 0.252 e. The number of benzene rings is 1. The Hall–Kier alpha value is -1.92. The van der Waals surface area contributed by atoms with Crippen LogP contribution < -0.4 is 5.73 Å². The Morgan fingerprint density at radius 1 is 1.61 bits per heavy atom. The van der Waals surface area contributed by atoms with Gasteiger partial charge in [-0.15, -0.1) is 0 Å². The van der Waals surface area contributed by atoms with Crippen LogP contribution in [-0.4, -0.2) is 45.6 Å². The molecule has 18 heavy (non-hydrogen) atoms. The molecule has 6 heteroatoms. The highest BCUT2D eigenvalue weighted by Gasteiger charge is 2.17. The van der Waals surface area contributed by atoms with Gasteiger partial charge >= 0.3 is 0 Å². The molecular formula is C12H16N4O2. The van der Waals surface area contributed by atoms with Gasteiger partial charge in [0.2, 0.25) is 0 Å². The van der Waals surface area contributed by atoms with E-state index in [1.54, 1.807) is 13.4 Å². The van der Waals surface area contributed by atoms with Crippen molar-refractivity contribution in [3.8, 4) is 0 Å². The molecule has 2 aromatic rings. The summed E-state index contributed by atoms with van der Waals surface area (Å²) in [6.07, 6.45) is 0.493. The third-order valence-corrected chi connectivity index (χ3v) is 2.79. The van der Waals surface area contributed by atoms with Crippen LogP contribution in [0.15, 0.2) is 24.5 Å². The molecule has 0 bridgehead atoms. The molecule has 96 valence electrons. The van der Waals surface area contributed by atoms with Crippen LogP contribution in [0.2, 0.25) is 0 Å². The van der Waals surface area contributed by atoms with E-state index in [1.165, 1.54) is 4.90 Å². The minimum atomic E-state index is -1.13. The van der Waals surface area contributed by atoms with Gasteiger partial charge in [0.05, 0.1) is 17.4 Å². The molecule has 6 nitrogen and oxygen atoms in total. The van der Waals surface area contributed by atoms with Crippen LogP contribution in [0.5, 0.6) is 0 Å². The molecule has 1 heterocycles. The Bertz CT molecular complexity index is 552. The summed E-state index contributed by atoms with van der Waals surface area (Å²) in [6, 6.07) is 5.72. The number of H-pyrrole nitrogens is 1. The van der Waals surface area contributed by atoms with Gasteiger partial charge in [-0.05, 0) is 17.7 Å². The van der Waals surface area contributed by atoms with E-state index in [0.717, 1.165) is 16.6 Å². The zero-order valence-electron chi connectivity index (χ0n) is 10.1. The Kier molecular flexibility index (Phi) is 3.59. The molecule has 0 fully saturated rings. The van der Waals surface area contributed by atoms with Crippen molar-refractivity contribution in [3.63, 3.8) is 0 Å². The van der Waals surface area contributed by atoms with E-state index in [2.05, 4.69) is 9.97 Å². The lowest BCUT2D eigenvalue weighted by Gasteiger charge is -2.19. The highest BCUT2D eigenvalue weighted by Crippen LogP contribution is 2.13. The van der Waals surface area contributed by atoms with E-state index in [4.69, 9.17) is 5.73 Å². The number of aliphatic hydroxyl groups excluding tert-OH is 1. The van der Waals surface area contributed by atoms with Gasteiger partial charge in [0.25, 0.3) is 5.91 Å². The van der Waals surface area contributed by atoms with E-state index >= 15 is 0 Å². The number of hydrogen-bond donors (Lipinski definition) is 3. The Balaban J connectivity index is 2.10. The van der Waals surface area contributed by atoms with Gasteiger partial charge < -0.3 is 20.7 Å². The fraction of sp³-hybridized carbons (Fsp3) is 0.333. The summed E-state index contributed by atoms with van der Waals surface area (Å²) >= 11 is 0. The van der Waals surface area contributed by atoms with E-state index < -0.39 is 6.10 Å². The number of carbonyl (C=O) groups is 1. The molecule has 0 saturated carbocycles. The van der Waals surface area contributed by atoms with Crippen molar-refractivity contribution in [3.05, 3.63) is 30.1 Å². The molecule has 1 aromatic carbocycles. The lowest BCUT2D eigenvalue weighted by molar-refractivity contribution is -0.138. The summed E-state index contributed by atoms with van der Waals surface area (Å²) in [5, 5.41) is 9.38. The predicted molar refractivity (Wildman–Crippen MR) is 67.6 cm³/mol. The second-order valence-corrected chi connectivity index (χ2v) is 4.20. The zero-order chi connectivity index (χ0) is 13.1. The van der Waals surface area contributed by atoms with Crippen LogP contribution in [0.1, 0.15) is 5.56 Å². The summed E-state index contributed by atoms with van der Waals surface area (Å²) in [4.78, 5) is 20.3. The molecule has 1 atom stereocenters. The lowest BCUT2D eigenvalue weighted by atomic mass is 10.2. The van der Waals surface area contributed by atoms with Crippen LogP contribution in [0.3, 0.4) is 0 Å². The van der Waals surface area contributed by atoms with Crippen molar-refractivity contribution in [1.82, 2.24) is 14.9 Å². The summed E-state index contributed by atoms with van der Waals surface area (Å²) < 4.78 is 0. The number of hydrogen-bond acceptors (Lipinski definition) is 4. The summed E-state index contributed by atoms with van der Waals surface area (Å²) in [5.41, 5.74) is 8.03. The molecule has 0 aliphatic heterocycles. The van der Waals surface area contributed by atoms with Crippen molar-refractivity contribution in [1.29, 1.82) is 0 Å². The summed E-state index contributed by atoms with van der Waals surface area (Å²) in [5.74, 6) is -0.373. The van der Waals surface area contributed by atoms with Crippen molar-refractivity contribution >= 4 is 16.9 Å². The largest absolute Gasteiger partial charge is 0.382 e. The number of carbonyl (C=O) groups excluding carboxylic acids is 1. The van der Waals surface area contributed by atoms with Crippen molar-refractivity contribution in [2.45, 2.75) is 12.6 Å². The number of nitrogens with one attached hydrogen (secondary N) is 1. The van der Waals surface area contributed by atoms with Gasteiger partial charge in [-0.3, -0.25) is 4.79 Å². The van der Waals surface area contributed by atoms with Gasteiger partial charge in [-0.25, -0.2) is 4.98 Å².